The number of rotatable bonds is 2. The highest BCUT2D eigenvalue weighted by molar-refractivity contribution is 5.88. The topological polar surface area (TPSA) is 113 Å². The van der Waals surface area contributed by atoms with Crippen LogP contribution in [0.1, 0.15) is 0 Å². The molecule has 0 fully saturated rings. The Hall–Kier alpha value is -2.96. The second kappa shape index (κ2) is 4.73. The molecule has 0 heterocycles. The summed E-state index contributed by atoms with van der Waals surface area (Å²) in [6, 6.07) is 6.90. The minimum absolute atomic E-state index is 0.0759. The zero-order valence-electron chi connectivity index (χ0n) is 9.36. The maximum atomic E-state index is 10.4. The van der Waals surface area contributed by atoms with E-state index in [1.165, 1.54) is 30.3 Å². The number of carboxylic acid groups (broad SMARTS) is 2. The number of fused-ring (bicyclic) bond motifs is 1. The van der Waals surface area contributed by atoms with E-state index in [1.54, 1.807) is 0 Å². The second-order valence-electron chi connectivity index (χ2n) is 3.56. The van der Waals surface area contributed by atoms with Crippen molar-refractivity contribution < 1.29 is 34.4 Å². The molecule has 0 saturated carbocycles. The van der Waals surface area contributed by atoms with E-state index in [0.717, 1.165) is 0 Å². The third kappa shape index (κ3) is 2.83. The maximum absolute atomic E-state index is 10.4. The van der Waals surface area contributed by atoms with Crippen LogP contribution in [-0.2, 0) is 0 Å². The molecule has 2 aromatic carbocycles. The van der Waals surface area contributed by atoms with Crippen LogP contribution in [0.5, 0.6) is 17.2 Å². The first-order valence-electron chi connectivity index (χ1n) is 5.04. The van der Waals surface area contributed by atoms with Gasteiger partial charge >= 0.3 is 12.3 Å². The van der Waals surface area contributed by atoms with Gasteiger partial charge in [-0.1, -0.05) is 6.07 Å². The van der Waals surface area contributed by atoms with Gasteiger partial charge in [-0.25, -0.2) is 9.59 Å². The van der Waals surface area contributed by atoms with Gasteiger partial charge in [0.15, 0.2) is 11.5 Å². The Bertz CT molecular complexity index is 662. The van der Waals surface area contributed by atoms with Crippen molar-refractivity contribution in [1.29, 1.82) is 0 Å². The van der Waals surface area contributed by atoms with Crippen molar-refractivity contribution in [1.82, 2.24) is 0 Å². The number of phenolic OH excluding ortho intramolecular Hbond substituents is 1. The van der Waals surface area contributed by atoms with Crippen LogP contribution in [0.25, 0.3) is 10.8 Å². The molecule has 0 radical (unpaired) electrons. The fourth-order valence-corrected chi connectivity index (χ4v) is 1.58. The summed E-state index contributed by atoms with van der Waals surface area (Å²) >= 11 is 0. The lowest BCUT2D eigenvalue weighted by Crippen LogP contribution is -2.03. The molecule has 19 heavy (non-hydrogen) atoms. The minimum Gasteiger partial charge on any atom is -0.504 e. The van der Waals surface area contributed by atoms with Gasteiger partial charge < -0.3 is 24.8 Å². The number of phenols is 1. The fourth-order valence-electron chi connectivity index (χ4n) is 1.58. The average molecular weight is 264 g/mol. The highest BCUT2D eigenvalue weighted by atomic mass is 16.7. The molecule has 0 aromatic heterocycles. The summed E-state index contributed by atoms with van der Waals surface area (Å²) in [6.07, 6.45) is -3.02. The molecule has 0 unspecified atom stereocenters. The third-order valence-electron chi connectivity index (χ3n) is 2.29. The third-order valence-corrected chi connectivity index (χ3v) is 2.29. The number of hydrogen-bond donors (Lipinski definition) is 3. The van der Waals surface area contributed by atoms with E-state index in [0.29, 0.717) is 10.8 Å². The molecule has 2 rings (SSSR count). The Labute approximate surface area is 106 Å². The van der Waals surface area contributed by atoms with E-state index in [1.807, 2.05) is 0 Å². The molecular formula is C12H8O7. The SMILES string of the molecule is O=C(O)Oc1ccc2cc(O)c(OC(=O)O)cc2c1. The van der Waals surface area contributed by atoms with E-state index in [4.69, 9.17) is 10.2 Å². The lowest BCUT2D eigenvalue weighted by molar-refractivity contribution is 0.142. The number of carbonyl (C=O) groups is 2. The average Bonchev–Trinajstić information content (AvgIpc) is 2.29. The quantitative estimate of drug-likeness (QED) is 0.564. The molecule has 0 spiro atoms. The van der Waals surface area contributed by atoms with Crippen LogP contribution in [0.2, 0.25) is 0 Å². The molecule has 0 saturated heterocycles. The van der Waals surface area contributed by atoms with E-state index in [2.05, 4.69) is 9.47 Å². The zero-order valence-corrected chi connectivity index (χ0v) is 9.36. The number of aromatic hydroxyl groups is 1. The van der Waals surface area contributed by atoms with Gasteiger partial charge in [0.1, 0.15) is 5.75 Å². The normalized spacial score (nSPS) is 10.1. The minimum atomic E-state index is -1.56. The molecule has 7 heteroatoms. The lowest BCUT2D eigenvalue weighted by atomic mass is 10.1. The van der Waals surface area contributed by atoms with Crippen LogP contribution in [0.3, 0.4) is 0 Å². The van der Waals surface area contributed by atoms with Gasteiger partial charge in [0.2, 0.25) is 0 Å². The monoisotopic (exact) mass is 264 g/mol. The van der Waals surface area contributed by atoms with Gasteiger partial charge in [-0.15, -0.1) is 0 Å². The summed E-state index contributed by atoms with van der Waals surface area (Å²) in [5.74, 6) is -0.499. The first kappa shape index (κ1) is 12.5. The van der Waals surface area contributed by atoms with Crippen LogP contribution in [0, 0.1) is 0 Å². The van der Waals surface area contributed by atoms with Crippen molar-refractivity contribution in [2.45, 2.75) is 0 Å². The molecular weight excluding hydrogens is 256 g/mol. The van der Waals surface area contributed by atoms with Gasteiger partial charge in [0, 0.05) is 0 Å². The van der Waals surface area contributed by atoms with Gasteiger partial charge in [0.05, 0.1) is 0 Å². The van der Waals surface area contributed by atoms with Crippen LogP contribution in [-0.4, -0.2) is 27.6 Å². The van der Waals surface area contributed by atoms with Crippen molar-refractivity contribution in [2.75, 3.05) is 0 Å². The first-order valence-corrected chi connectivity index (χ1v) is 5.04. The zero-order chi connectivity index (χ0) is 14.0. The Balaban J connectivity index is 2.48. The molecule has 0 amide bonds. The van der Waals surface area contributed by atoms with Crippen LogP contribution < -0.4 is 9.47 Å². The predicted octanol–water partition coefficient (Wildman–Crippen LogP) is 2.66. The summed E-state index contributed by atoms with van der Waals surface area (Å²) in [4.78, 5) is 20.8. The molecule has 0 bridgehead atoms. The Kier molecular flexibility index (Phi) is 3.11. The van der Waals surface area contributed by atoms with Crippen LogP contribution in [0.4, 0.5) is 9.59 Å². The van der Waals surface area contributed by atoms with E-state index < -0.39 is 12.3 Å². The van der Waals surface area contributed by atoms with E-state index in [-0.39, 0.29) is 17.2 Å². The van der Waals surface area contributed by atoms with Crippen molar-refractivity contribution in [3.63, 3.8) is 0 Å². The highest BCUT2D eigenvalue weighted by Gasteiger charge is 2.10. The summed E-state index contributed by atoms with van der Waals surface area (Å²) in [5, 5.41) is 27.6. The largest absolute Gasteiger partial charge is 0.511 e. The molecule has 0 aliphatic rings. The molecule has 0 aliphatic heterocycles. The van der Waals surface area contributed by atoms with Gasteiger partial charge in [-0.2, -0.15) is 0 Å². The van der Waals surface area contributed by atoms with Crippen molar-refractivity contribution in [3.8, 4) is 17.2 Å². The molecule has 2 aromatic rings. The van der Waals surface area contributed by atoms with Gasteiger partial charge in [-0.3, -0.25) is 0 Å². The lowest BCUT2D eigenvalue weighted by Gasteiger charge is -2.06. The van der Waals surface area contributed by atoms with Gasteiger partial charge in [-0.05, 0) is 35.0 Å². The Morgan fingerprint density at radius 2 is 1.58 bits per heavy atom. The smallest absolute Gasteiger partial charge is 0.504 e. The van der Waals surface area contributed by atoms with Crippen LogP contribution in [0.15, 0.2) is 30.3 Å². The Morgan fingerprint density at radius 1 is 0.895 bits per heavy atom. The molecule has 98 valence electrons. The number of ether oxygens (including phenoxy) is 2. The fraction of sp³-hybridized carbons (Fsp3) is 0. The van der Waals surface area contributed by atoms with Crippen molar-refractivity contribution >= 4 is 23.1 Å². The second-order valence-corrected chi connectivity index (χ2v) is 3.56. The molecule has 3 N–H and O–H groups in total. The highest BCUT2D eigenvalue weighted by Crippen LogP contribution is 2.33. The van der Waals surface area contributed by atoms with E-state index in [9.17, 15) is 14.7 Å². The summed E-state index contributed by atoms with van der Waals surface area (Å²) in [6.45, 7) is 0. The van der Waals surface area contributed by atoms with E-state index >= 15 is 0 Å². The summed E-state index contributed by atoms with van der Waals surface area (Å²) < 4.78 is 8.85. The number of benzene rings is 2. The summed E-state index contributed by atoms with van der Waals surface area (Å²) in [5.41, 5.74) is 0. The number of hydrogen-bond acceptors (Lipinski definition) is 5. The molecule has 0 atom stereocenters. The summed E-state index contributed by atoms with van der Waals surface area (Å²) in [7, 11) is 0. The Morgan fingerprint density at radius 3 is 2.21 bits per heavy atom. The van der Waals surface area contributed by atoms with Crippen LogP contribution >= 0.6 is 0 Å². The standard InChI is InChI=1S/C12H8O7/c13-9-4-6-1-2-8(18-11(14)15)3-7(6)5-10(9)19-12(16)17/h1-5,13H,(H,14,15)(H,16,17). The first-order chi connectivity index (χ1) is 8.95. The molecule has 7 nitrogen and oxygen atoms in total. The predicted molar refractivity (Wildman–Crippen MR) is 62.9 cm³/mol. The molecule has 0 aliphatic carbocycles. The van der Waals surface area contributed by atoms with Crippen molar-refractivity contribution in [3.05, 3.63) is 30.3 Å². The van der Waals surface area contributed by atoms with Gasteiger partial charge in [0.25, 0.3) is 0 Å². The maximum Gasteiger partial charge on any atom is 0.511 e. The van der Waals surface area contributed by atoms with Crippen molar-refractivity contribution in [2.24, 2.45) is 0 Å².